The van der Waals surface area contributed by atoms with Crippen LogP contribution in [-0.2, 0) is 17.6 Å². The predicted octanol–water partition coefficient (Wildman–Crippen LogP) is 7.96. The summed E-state index contributed by atoms with van der Waals surface area (Å²) in [5.74, 6) is 0.204. The molecule has 0 fully saturated rings. The number of hydrogen-bond acceptors (Lipinski definition) is 5. The predicted molar refractivity (Wildman–Crippen MR) is 144 cm³/mol. The SMILES string of the molecule is CCCCOc1ccc(C(=O)Nc2sc3c(c2C(=O)OC(C)C)CCCCCCCCCC3)cc1. The topological polar surface area (TPSA) is 64.6 Å². The molecule has 0 unspecified atom stereocenters. The minimum absolute atomic E-state index is 0.215. The van der Waals surface area contributed by atoms with E-state index in [9.17, 15) is 9.59 Å². The van der Waals surface area contributed by atoms with Gasteiger partial charge in [-0.05, 0) is 75.8 Å². The van der Waals surface area contributed by atoms with Crippen molar-refractivity contribution in [3.05, 3.63) is 45.8 Å². The molecule has 3 rings (SSSR count). The third-order valence-corrected chi connectivity index (χ3v) is 7.54. The van der Waals surface area contributed by atoms with Crippen molar-refractivity contribution in [2.24, 2.45) is 0 Å². The number of ether oxygens (including phenoxy) is 2. The van der Waals surface area contributed by atoms with Gasteiger partial charge >= 0.3 is 5.97 Å². The molecule has 1 amide bonds. The molecule has 0 bridgehead atoms. The highest BCUT2D eigenvalue weighted by atomic mass is 32.1. The van der Waals surface area contributed by atoms with Gasteiger partial charge in [0.1, 0.15) is 10.8 Å². The van der Waals surface area contributed by atoms with Crippen molar-refractivity contribution in [1.29, 1.82) is 0 Å². The molecule has 0 spiro atoms. The highest BCUT2D eigenvalue weighted by molar-refractivity contribution is 7.17. The molecule has 5 nitrogen and oxygen atoms in total. The van der Waals surface area contributed by atoms with Gasteiger partial charge in [-0.25, -0.2) is 4.79 Å². The number of carbonyl (C=O) groups is 2. The summed E-state index contributed by atoms with van der Waals surface area (Å²) in [6, 6.07) is 7.19. The average Bonchev–Trinajstić information content (AvgIpc) is 3.15. The van der Waals surface area contributed by atoms with Crippen LogP contribution in [0.5, 0.6) is 5.75 Å². The number of carbonyl (C=O) groups excluding carboxylic acids is 2. The van der Waals surface area contributed by atoms with Gasteiger partial charge in [-0.15, -0.1) is 11.3 Å². The molecular formula is C29H41NO4S. The molecular weight excluding hydrogens is 458 g/mol. The van der Waals surface area contributed by atoms with Crippen molar-refractivity contribution in [2.75, 3.05) is 11.9 Å². The summed E-state index contributed by atoms with van der Waals surface area (Å²) >= 11 is 1.55. The van der Waals surface area contributed by atoms with Crippen LogP contribution in [0.2, 0.25) is 0 Å². The Morgan fingerprint density at radius 2 is 1.57 bits per heavy atom. The Morgan fingerprint density at radius 3 is 2.20 bits per heavy atom. The second kappa shape index (κ2) is 14.3. The molecule has 35 heavy (non-hydrogen) atoms. The lowest BCUT2D eigenvalue weighted by atomic mass is 9.97. The van der Waals surface area contributed by atoms with Crippen LogP contribution in [0.1, 0.15) is 116 Å². The monoisotopic (exact) mass is 499 g/mol. The number of fused-ring (bicyclic) bond motifs is 1. The molecule has 2 aromatic rings. The van der Waals surface area contributed by atoms with E-state index in [4.69, 9.17) is 9.47 Å². The third kappa shape index (κ3) is 8.38. The molecule has 192 valence electrons. The first-order chi connectivity index (χ1) is 17.0. The summed E-state index contributed by atoms with van der Waals surface area (Å²) in [6.07, 6.45) is 13.3. The lowest BCUT2D eigenvalue weighted by molar-refractivity contribution is 0.0378. The van der Waals surface area contributed by atoms with Gasteiger partial charge in [0.15, 0.2) is 0 Å². The molecule has 0 saturated carbocycles. The standard InChI is InChI=1S/C29H41NO4S/c1-4-5-20-33-23-18-16-22(17-19-23)27(31)30-28-26(29(32)34-21(2)3)24-14-12-10-8-6-7-9-11-13-15-25(24)35-28/h16-19,21H,4-15,20H2,1-3H3,(H,30,31). The van der Waals surface area contributed by atoms with Crippen molar-refractivity contribution >= 4 is 28.2 Å². The van der Waals surface area contributed by atoms with Crippen LogP contribution in [0.15, 0.2) is 24.3 Å². The van der Waals surface area contributed by atoms with E-state index in [0.717, 1.165) is 49.8 Å². The molecule has 1 aromatic heterocycles. The van der Waals surface area contributed by atoms with Gasteiger partial charge in [-0.1, -0.05) is 51.9 Å². The van der Waals surface area contributed by atoms with Crippen molar-refractivity contribution in [2.45, 2.75) is 104 Å². The quantitative estimate of drug-likeness (QED) is 0.295. The summed E-state index contributed by atoms with van der Waals surface area (Å²) in [6.45, 7) is 6.52. The first kappa shape index (κ1) is 27.3. The van der Waals surface area contributed by atoms with E-state index < -0.39 is 0 Å². The first-order valence-corrected chi connectivity index (χ1v) is 14.2. The van der Waals surface area contributed by atoms with Crippen molar-refractivity contribution < 1.29 is 19.1 Å². The number of amides is 1. The van der Waals surface area contributed by atoms with E-state index in [1.807, 2.05) is 26.0 Å². The summed E-state index contributed by atoms with van der Waals surface area (Å²) in [4.78, 5) is 27.5. The van der Waals surface area contributed by atoms with Crippen LogP contribution in [0.3, 0.4) is 0 Å². The molecule has 1 aliphatic carbocycles. The normalized spacial score (nSPS) is 15.0. The maximum absolute atomic E-state index is 13.2. The first-order valence-electron chi connectivity index (χ1n) is 13.4. The van der Waals surface area contributed by atoms with E-state index in [0.29, 0.717) is 22.7 Å². The van der Waals surface area contributed by atoms with Crippen molar-refractivity contribution in [3.8, 4) is 5.75 Å². The summed E-state index contributed by atoms with van der Waals surface area (Å²) < 4.78 is 11.3. The fourth-order valence-corrected chi connectivity index (χ4v) is 5.69. The van der Waals surface area contributed by atoms with Crippen LogP contribution >= 0.6 is 11.3 Å². The molecule has 1 aliphatic rings. The number of nitrogens with one attached hydrogen (secondary N) is 1. The third-order valence-electron chi connectivity index (χ3n) is 6.33. The second-order valence-electron chi connectivity index (χ2n) is 9.67. The van der Waals surface area contributed by atoms with E-state index in [1.165, 1.54) is 43.4 Å². The summed E-state index contributed by atoms with van der Waals surface area (Å²) in [7, 11) is 0. The zero-order valence-corrected chi connectivity index (χ0v) is 22.4. The van der Waals surface area contributed by atoms with E-state index in [1.54, 1.807) is 23.5 Å². The molecule has 0 radical (unpaired) electrons. The zero-order valence-electron chi connectivity index (χ0n) is 21.6. The smallest absolute Gasteiger partial charge is 0.341 e. The highest BCUT2D eigenvalue weighted by Gasteiger charge is 2.26. The molecule has 0 aliphatic heterocycles. The van der Waals surface area contributed by atoms with Crippen molar-refractivity contribution in [3.63, 3.8) is 0 Å². The zero-order chi connectivity index (χ0) is 25.0. The molecule has 1 aromatic carbocycles. The van der Waals surface area contributed by atoms with Gasteiger partial charge in [0.05, 0.1) is 18.3 Å². The Hall–Kier alpha value is -2.34. The van der Waals surface area contributed by atoms with E-state index in [2.05, 4.69) is 12.2 Å². The molecule has 1 heterocycles. The Kier molecular flexibility index (Phi) is 11.1. The van der Waals surface area contributed by atoms with Gasteiger partial charge < -0.3 is 14.8 Å². The van der Waals surface area contributed by atoms with Crippen LogP contribution < -0.4 is 10.1 Å². The maximum atomic E-state index is 13.2. The average molecular weight is 500 g/mol. The molecule has 0 saturated heterocycles. The van der Waals surface area contributed by atoms with Crippen LogP contribution in [0, 0.1) is 0 Å². The maximum Gasteiger partial charge on any atom is 0.341 e. The van der Waals surface area contributed by atoms with Gasteiger partial charge in [0.25, 0.3) is 5.91 Å². The second-order valence-corrected chi connectivity index (χ2v) is 10.8. The number of thiophene rings is 1. The van der Waals surface area contributed by atoms with Gasteiger partial charge in [-0.2, -0.15) is 0 Å². The molecule has 0 atom stereocenters. The Morgan fingerprint density at radius 1 is 0.943 bits per heavy atom. The molecule has 6 heteroatoms. The fraction of sp³-hybridized carbons (Fsp3) is 0.586. The lowest BCUT2D eigenvalue weighted by Gasteiger charge is -2.13. The minimum Gasteiger partial charge on any atom is -0.494 e. The van der Waals surface area contributed by atoms with Gasteiger partial charge in [0.2, 0.25) is 0 Å². The van der Waals surface area contributed by atoms with E-state index in [-0.39, 0.29) is 18.0 Å². The minimum atomic E-state index is -0.334. The number of benzene rings is 1. The number of hydrogen-bond donors (Lipinski definition) is 1. The van der Waals surface area contributed by atoms with Gasteiger partial charge in [0, 0.05) is 10.4 Å². The van der Waals surface area contributed by atoms with Crippen molar-refractivity contribution in [1.82, 2.24) is 0 Å². The van der Waals surface area contributed by atoms with Crippen LogP contribution in [0.4, 0.5) is 5.00 Å². The number of anilines is 1. The van der Waals surface area contributed by atoms with Gasteiger partial charge in [-0.3, -0.25) is 4.79 Å². The number of aryl methyl sites for hydroxylation is 1. The number of esters is 1. The largest absolute Gasteiger partial charge is 0.494 e. The summed E-state index contributed by atoms with van der Waals surface area (Å²) in [5, 5.41) is 3.66. The highest BCUT2D eigenvalue weighted by Crippen LogP contribution is 2.37. The number of rotatable bonds is 8. The summed E-state index contributed by atoms with van der Waals surface area (Å²) in [5.41, 5.74) is 2.18. The fourth-order valence-electron chi connectivity index (χ4n) is 4.42. The Bertz CT molecular complexity index is 948. The lowest BCUT2D eigenvalue weighted by Crippen LogP contribution is -2.17. The van der Waals surface area contributed by atoms with Crippen LogP contribution in [0.25, 0.3) is 0 Å². The Balaban J connectivity index is 1.84. The van der Waals surface area contributed by atoms with Crippen LogP contribution in [-0.4, -0.2) is 24.6 Å². The van der Waals surface area contributed by atoms with E-state index >= 15 is 0 Å². The Labute approximate surface area is 214 Å². The number of unbranched alkanes of at least 4 members (excludes halogenated alkanes) is 1. The molecule has 1 N–H and O–H groups in total.